The van der Waals surface area contributed by atoms with E-state index in [0.29, 0.717) is 27.9 Å². The first-order chi connectivity index (χ1) is 14.4. The second-order valence-corrected chi connectivity index (χ2v) is 6.62. The maximum atomic E-state index is 12.1. The topological polar surface area (TPSA) is 103 Å². The Bertz CT molecular complexity index is 886. The number of ether oxygens (including phenoxy) is 3. The van der Waals surface area contributed by atoms with Gasteiger partial charge in [0.25, 0.3) is 5.91 Å². The first kappa shape index (κ1) is 23.0. The van der Waals surface area contributed by atoms with E-state index in [0.717, 1.165) is 0 Å². The Hall–Kier alpha value is -3.26. The fourth-order valence-electron chi connectivity index (χ4n) is 2.47. The van der Waals surface area contributed by atoms with Gasteiger partial charge in [-0.15, -0.1) is 0 Å². The third-order valence-electron chi connectivity index (χ3n) is 3.96. The monoisotopic (exact) mass is 434 g/mol. The van der Waals surface area contributed by atoms with Gasteiger partial charge >= 0.3 is 5.97 Å². The molecule has 0 saturated heterocycles. The van der Waals surface area contributed by atoms with Gasteiger partial charge in [0.05, 0.1) is 19.9 Å². The van der Waals surface area contributed by atoms with Gasteiger partial charge in [0, 0.05) is 23.6 Å². The van der Waals surface area contributed by atoms with Gasteiger partial charge in [-0.05, 0) is 48.9 Å². The van der Waals surface area contributed by atoms with Crippen molar-refractivity contribution >= 4 is 40.8 Å². The number of methoxy groups -OCH3 is 2. The van der Waals surface area contributed by atoms with E-state index >= 15 is 0 Å². The zero-order valence-corrected chi connectivity index (χ0v) is 17.5. The highest BCUT2D eigenvalue weighted by molar-refractivity contribution is 6.31. The van der Waals surface area contributed by atoms with Crippen LogP contribution in [0, 0.1) is 0 Å². The molecule has 9 heteroatoms. The summed E-state index contributed by atoms with van der Waals surface area (Å²) in [5.74, 6) is -0.166. The number of nitrogens with one attached hydrogen (secondary N) is 2. The first-order valence-electron chi connectivity index (χ1n) is 9.14. The minimum Gasteiger partial charge on any atom is -0.497 e. The van der Waals surface area contributed by atoms with Crippen LogP contribution < -0.4 is 20.1 Å². The van der Waals surface area contributed by atoms with Crippen molar-refractivity contribution in [2.45, 2.75) is 19.3 Å². The number of anilines is 2. The molecule has 2 rings (SSSR count). The summed E-state index contributed by atoms with van der Waals surface area (Å²) in [6, 6.07) is 11.6. The predicted molar refractivity (Wildman–Crippen MR) is 113 cm³/mol. The first-order valence-corrected chi connectivity index (χ1v) is 9.52. The van der Waals surface area contributed by atoms with E-state index in [9.17, 15) is 14.4 Å². The number of carbonyl (C=O) groups excluding carboxylic acids is 3. The summed E-state index contributed by atoms with van der Waals surface area (Å²) in [6.45, 7) is -0.406. The van der Waals surface area contributed by atoms with Gasteiger partial charge < -0.3 is 24.8 Å². The summed E-state index contributed by atoms with van der Waals surface area (Å²) in [5, 5.41) is 5.76. The van der Waals surface area contributed by atoms with Crippen molar-refractivity contribution in [2.24, 2.45) is 0 Å². The van der Waals surface area contributed by atoms with E-state index in [4.69, 9.17) is 25.8 Å². The Morgan fingerprint density at radius 1 is 0.900 bits per heavy atom. The lowest BCUT2D eigenvalue weighted by atomic mass is 10.2. The predicted octanol–water partition coefficient (Wildman–Crippen LogP) is 3.65. The maximum absolute atomic E-state index is 12.1. The number of rotatable bonds is 10. The van der Waals surface area contributed by atoms with Crippen LogP contribution in [0.1, 0.15) is 19.3 Å². The summed E-state index contributed by atoms with van der Waals surface area (Å²) < 4.78 is 15.1. The molecule has 0 aromatic heterocycles. The molecule has 0 aliphatic heterocycles. The SMILES string of the molecule is COc1ccc(NC(=O)COC(=O)CCCC(=O)Nc2cc(Cl)ccc2OC)cc1. The molecule has 0 fully saturated rings. The second kappa shape index (κ2) is 11.7. The lowest BCUT2D eigenvalue weighted by Gasteiger charge is -2.10. The molecule has 0 aliphatic carbocycles. The third kappa shape index (κ3) is 7.63. The van der Waals surface area contributed by atoms with Crippen LogP contribution in [-0.2, 0) is 19.1 Å². The minimum atomic E-state index is -0.562. The average molecular weight is 435 g/mol. The van der Waals surface area contributed by atoms with Crippen molar-refractivity contribution < 1.29 is 28.6 Å². The van der Waals surface area contributed by atoms with Crippen LogP contribution in [-0.4, -0.2) is 38.6 Å². The number of halogens is 1. The molecule has 30 heavy (non-hydrogen) atoms. The molecular weight excluding hydrogens is 412 g/mol. The molecule has 8 nitrogen and oxygen atoms in total. The fraction of sp³-hybridized carbons (Fsp3) is 0.286. The Kier molecular flexibility index (Phi) is 8.96. The molecule has 0 bridgehead atoms. The Labute approximate surface area is 179 Å². The summed E-state index contributed by atoms with van der Waals surface area (Å²) in [5.41, 5.74) is 1.01. The number of benzene rings is 2. The summed E-state index contributed by atoms with van der Waals surface area (Å²) in [4.78, 5) is 35.7. The van der Waals surface area contributed by atoms with E-state index in [1.807, 2.05) is 0 Å². The van der Waals surface area contributed by atoms with Crippen LogP contribution in [0.4, 0.5) is 11.4 Å². The van der Waals surface area contributed by atoms with Crippen molar-refractivity contribution in [3.63, 3.8) is 0 Å². The van der Waals surface area contributed by atoms with Crippen molar-refractivity contribution in [3.05, 3.63) is 47.5 Å². The number of hydrogen-bond acceptors (Lipinski definition) is 6. The standard InChI is InChI=1S/C21H23ClN2O6/c1-28-16-9-7-15(8-10-16)23-20(26)13-30-21(27)5-3-4-19(25)24-17-12-14(22)6-11-18(17)29-2/h6-12H,3-5,13H2,1-2H3,(H,23,26)(H,24,25). The minimum absolute atomic E-state index is 0.00984. The molecule has 0 saturated carbocycles. The van der Waals surface area contributed by atoms with Gasteiger partial charge in [0.1, 0.15) is 11.5 Å². The van der Waals surface area contributed by atoms with Crippen molar-refractivity contribution in [3.8, 4) is 11.5 Å². The highest BCUT2D eigenvalue weighted by atomic mass is 35.5. The molecule has 2 amide bonds. The lowest BCUT2D eigenvalue weighted by molar-refractivity contribution is -0.147. The van der Waals surface area contributed by atoms with Crippen LogP contribution in [0.5, 0.6) is 11.5 Å². The van der Waals surface area contributed by atoms with Crippen LogP contribution in [0.15, 0.2) is 42.5 Å². The molecule has 2 aromatic rings. The van der Waals surface area contributed by atoms with Gasteiger partial charge in [-0.2, -0.15) is 0 Å². The van der Waals surface area contributed by atoms with Crippen LogP contribution >= 0.6 is 11.6 Å². The number of carbonyl (C=O) groups is 3. The molecule has 0 spiro atoms. The van der Waals surface area contributed by atoms with E-state index < -0.39 is 18.5 Å². The quantitative estimate of drug-likeness (QED) is 0.553. The van der Waals surface area contributed by atoms with Gasteiger partial charge in [0.15, 0.2) is 6.61 Å². The highest BCUT2D eigenvalue weighted by Gasteiger charge is 2.11. The number of esters is 1. The fourth-order valence-corrected chi connectivity index (χ4v) is 2.65. The molecular formula is C21H23ClN2O6. The summed E-state index contributed by atoms with van der Waals surface area (Å²) in [6.07, 6.45) is 0.381. The summed E-state index contributed by atoms with van der Waals surface area (Å²) in [7, 11) is 3.03. The van der Waals surface area contributed by atoms with E-state index in [1.54, 1.807) is 49.6 Å². The van der Waals surface area contributed by atoms with Crippen molar-refractivity contribution in [2.75, 3.05) is 31.5 Å². The van der Waals surface area contributed by atoms with E-state index in [-0.39, 0.29) is 25.2 Å². The lowest BCUT2D eigenvalue weighted by Crippen LogP contribution is -2.21. The Morgan fingerprint density at radius 3 is 2.30 bits per heavy atom. The van der Waals surface area contributed by atoms with Crippen molar-refractivity contribution in [1.82, 2.24) is 0 Å². The molecule has 160 valence electrons. The van der Waals surface area contributed by atoms with E-state index in [1.165, 1.54) is 7.11 Å². The van der Waals surface area contributed by atoms with Gasteiger partial charge in [-0.3, -0.25) is 14.4 Å². The summed E-state index contributed by atoms with van der Waals surface area (Å²) >= 11 is 5.92. The number of hydrogen-bond donors (Lipinski definition) is 2. The zero-order chi connectivity index (χ0) is 21.9. The highest BCUT2D eigenvalue weighted by Crippen LogP contribution is 2.27. The second-order valence-electron chi connectivity index (χ2n) is 6.18. The molecule has 0 unspecified atom stereocenters. The Balaban J connectivity index is 1.67. The zero-order valence-electron chi connectivity index (χ0n) is 16.7. The van der Waals surface area contributed by atoms with Gasteiger partial charge in [0.2, 0.25) is 5.91 Å². The van der Waals surface area contributed by atoms with Gasteiger partial charge in [-0.1, -0.05) is 11.6 Å². The molecule has 0 aliphatic rings. The largest absolute Gasteiger partial charge is 0.497 e. The molecule has 0 heterocycles. The molecule has 0 radical (unpaired) electrons. The smallest absolute Gasteiger partial charge is 0.306 e. The van der Waals surface area contributed by atoms with Gasteiger partial charge in [-0.25, -0.2) is 0 Å². The average Bonchev–Trinajstić information content (AvgIpc) is 2.73. The maximum Gasteiger partial charge on any atom is 0.306 e. The van der Waals surface area contributed by atoms with Crippen LogP contribution in [0.3, 0.4) is 0 Å². The molecule has 2 N–H and O–H groups in total. The normalized spacial score (nSPS) is 10.1. The number of amides is 2. The molecule has 2 aromatic carbocycles. The molecule has 0 atom stereocenters. The van der Waals surface area contributed by atoms with Crippen molar-refractivity contribution in [1.29, 1.82) is 0 Å². The van der Waals surface area contributed by atoms with Crippen LogP contribution in [0.25, 0.3) is 0 Å². The third-order valence-corrected chi connectivity index (χ3v) is 4.19. The van der Waals surface area contributed by atoms with Crippen LogP contribution in [0.2, 0.25) is 5.02 Å². The van der Waals surface area contributed by atoms with E-state index in [2.05, 4.69) is 10.6 Å². The Morgan fingerprint density at radius 2 is 1.63 bits per heavy atom.